The fourth-order valence-electron chi connectivity index (χ4n) is 2.40. The van der Waals surface area contributed by atoms with Gasteiger partial charge in [-0.1, -0.05) is 6.08 Å². The Morgan fingerprint density at radius 2 is 2.00 bits per heavy atom. The van der Waals surface area contributed by atoms with Crippen molar-refractivity contribution in [2.75, 3.05) is 30.3 Å². The molecule has 5 N–H and O–H groups in total. The monoisotopic (exact) mass is 308 g/mol. The van der Waals surface area contributed by atoms with Crippen LogP contribution in [0.4, 0.5) is 10.7 Å². The molecule has 2 heterocycles. The molecule has 7 heteroatoms. The van der Waals surface area contributed by atoms with E-state index in [1.165, 1.54) is 17.8 Å². The summed E-state index contributed by atoms with van der Waals surface area (Å²) in [5, 5.41) is 3.39. The second-order valence-corrected chi connectivity index (χ2v) is 5.93. The van der Waals surface area contributed by atoms with Crippen molar-refractivity contribution in [1.29, 1.82) is 0 Å². The van der Waals surface area contributed by atoms with Crippen molar-refractivity contribution < 1.29 is 9.59 Å². The smallest absolute Gasteiger partial charge is 0.263 e. The normalized spacial score (nSPS) is 14.8. The van der Waals surface area contributed by atoms with Crippen molar-refractivity contribution >= 4 is 33.8 Å². The predicted octanol–water partition coefficient (Wildman–Crippen LogP) is 1.34. The molecule has 0 aromatic carbocycles. The maximum absolute atomic E-state index is 12.1. The number of piperidine rings is 1. The molecule has 0 atom stereocenters. The van der Waals surface area contributed by atoms with Gasteiger partial charge in [-0.2, -0.15) is 0 Å². The topological polar surface area (TPSA) is 101 Å². The number of carbonyl (C=O) groups is 2. The molecular formula is C14H20N4O2S. The number of carbonyl (C=O) groups excluding carboxylic acids is 2. The van der Waals surface area contributed by atoms with Crippen LogP contribution in [0.25, 0.3) is 0 Å². The fraction of sp³-hybridized carbons (Fsp3) is 0.429. The first-order chi connectivity index (χ1) is 10.1. The van der Waals surface area contributed by atoms with Crippen LogP contribution in [0.1, 0.15) is 39.3 Å². The molecule has 1 saturated heterocycles. The lowest BCUT2D eigenvalue weighted by Crippen LogP contribution is -2.30. The largest absolute Gasteiger partial charge is 0.397 e. The molecule has 2 amide bonds. The predicted molar refractivity (Wildman–Crippen MR) is 85.8 cm³/mol. The number of anilines is 2. The summed E-state index contributed by atoms with van der Waals surface area (Å²) in [6.07, 6.45) is 4.89. The minimum Gasteiger partial charge on any atom is -0.397 e. The third kappa shape index (κ3) is 3.18. The Morgan fingerprint density at radius 3 is 2.57 bits per heavy atom. The second-order valence-electron chi connectivity index (χ2n) is 4.94. The van der Waals surface area contributed by atoms with Gasteiger partial charge in [-0.25, -0.2) is 0 Å². The van der Waals surface area contributed by atoms with E-state index >= 15 is 0 Å². The number of nitrogens with one attached hydrogen (secondary N) is 1. The number of primary amides is 1. The summed E-state index contributed by atoms with van der Waals surface area (Å²) in [5.74, 6) is -0.893. The fourth-order valence-corrected chi connectivity index (χ4v) is 3.60. The van der Waals surface area contributed by atoms with Gasteiger partial charge in [-0.05, 0) is 19.3 Å². The number of hydrogen-bond donors (Lipinski definition) is 3. The Morgan fingerprint density at radius 1 is 1.33 bits per heavy atom. The summed E-state index contributed by atoms with van der Waals surface area (Å²) in [4.78, 5) is 26.2. The van der Waals surface area contributed by atoms with E-state index in [0.29, 0.717) is 16.4 Å². The number of thiophene rings is 1. The van der Waals surface area contributed by atoms with Gasteiger partial charge in [-0.15, -0.1) is 17.9 Å². The van der Waals surface area contributed by atoms with E-state index in [9.17, 15) is 9.59 Å². The van der Waals surface area contributed by atoms with Crippen LogP contribution in [0.3, 0.4) is 0 Å². The maximum Gasteiger partial charge on any atom is 0.263 e. The first kappa shape index (κ1) is 15.4. The van der Waals surface area contributed by atoms with Crippen molar-refractivity contribution in [2.45, 2.75) is 19.3 Å². The van der Waals surface area contributed by atoms with E-state index in [4.69, 9.17) is 11.5 Å². The highest BCUT2D eigenvalue weighted by molar-refractivity contribution is 7.19. The minimum atomic E-state index is -0.591. The summed E-state index contributed by atoms with van der Waals surface area (Å²) in [5.41, 5.74) is 11.9. The van der Waals surface area contributed by atoms with Gasteiger partial charge >= 0.3 is 0 Å². The van der Waals surface area contributed by atoms with Gasteiger partial charge in [0.15, 0.2) is 0 Å². The number of hydrogen-bond acceptors (Lipinski definition) is 5. The zero-order valence-electron chi connectivity index (χ0n) is 11.9. The summed E-state index contributed by atoms with van der Waals surface area (Å²) in [6.45, 7) is 5.61. The number of nitrogen functional groups attached to an aromatic ring is 1. The third-order valence-corrected chi connectivity index (χ3v) is 4.69. The number of nitrogens with zero attached hydrogens (tertiary/aromatic N) is 1. The van der Waals surface area contributed by atoms with Crippen LogP contribution in [0, 0.1) is 0 Å². The first-order valence-electron chi connectivity index (χ1n) is 6.92. The molecule has 1 aromatic heterocycles. The van der Waals surface area contributed by atoms with E-state index in [-0.39, 0.29) is 17.2 Å². The quantitative estimate of drug-likeness (QED) is 0.714. The Hall–Kier alpha value is -2.02. The zero-order chi connectivity index (χ0) is 15.4. The van der Waals surface area contributed by atoms with Crippen molar-refractivity contribution in [3.05, 3.63) is 23.1 Å². The minimum absolute atomic E-state index is 0.176. The highest BCUT2D eigenvalue weighted by atomic mass is 32.1. The SMILES string of the molecule is C=CCNC(=O)c1sc(N2CCCCC2)c(C(N)=O)c1N. The zero-order valence-corrected chi connectivity index (χ0v) is 12.7. The van der Waals surface area contributed by atoms with E-state index in [2.05, 4.69) is 16.8 Å². The summed E-state index contributed by atoms with van der Waals surface area (Å²) < 4.78 is 0. The summed E-state index contributed by atoms with van der Waals surface area (Å²) in [7, 11) is 0. The Balaban J connectivity index is 2.37. The number of nitrogens with two attached hydrogens (primary N) is 2. The van der Waals surface area contributed by atoms with Gasteiger partial charge in [-0.3, -0.25) is 9.59 Å². The second kappa shape index (κ2) is 6.62. The maximum atomic E-state index is 12.1. The highest BCUT2D eigenvalue weighted by Gasteiger charge is 2.27. The van der Waals surface area contributed by atoms with Gasteiger partial charge in [0.2, 0.25) is 0 Å². The molecule has 0 saturated carbocycles. The van der Waals surface area contributed by atoms with Gasteiger partial charge in [0.1, 0.15) is 9.88 Å². The van der Waals surface area contributed by atoms with Gasteiger partial charge in [0.25, 0.3) is 11.8 Å². The Labute approximate surface area is 127 Å². The molecule has 1 aliphatic heterocycles. The standard InChI is InChI=1S/C14H20N4O2S/c1-2-6-17-13(20)11-10(15)9(12(16)19)14(21-11)18-7-4-3-5-8-18/h2H,1,3-8,15H2,(H2,16,19)(H,17,20). The molecule has 2 rings (SSSR count). The molecule has 114 valence electrons. The molecule has 1 aliphatic rings. The Bertz CT molecular complexity index is 562. The molecule has 0 spiro atoms. The van der Waals surface area contributed by atoms with Gasteiger partial charge in [0, 0.05) is 19.6 Å². The van der Waals surface area contributed by atoms with E-state index in [1.807, 2.05) is 0 Å². The van der Waals surface area contributed by atoms with Crippen LogP contribution < -0.4 is 21.7 Å². The number of rotatable bonds is 5. The van der Waals surface area contributed by atoms with Crippen molar-refractivity contribution in [3.63, 3.8) is 0 Å². The molecule has 21 heavy (non-hydrogen) atoms. The summed E-state index contributed by atoms with van der Waals surface area (Å²) in [6, 6.07) is 0. The van der Waals surface area contributed by atoms with Gasteiger partial charge in [0.05, 0.1) is 11.3 Å². The van der Waals surface area contributed by atoms with Crippen LogP contribution in [0.15, 0.2) is 12.7 Å². The molecule has 1 fully saturated rings. The van der Waals surface area contributed by atoms with Crippen LogP contribution in [0.2, 0.25) is 0 Å². The van der Waals surface area contributed by atoms with Crippen molar-refractivity contribution in [2.24, 2.45) is 5.73 Å². The average Bonchev–Trinajstić information content (AvgIpc) is 2.83. The molecular weight excluding hydrogens is 288 g/mol. The first-order valence-corrected chi connectivity index (χ1v) is 7.74. The van der Waals surface area contributed by atoms with Crippen LogP contribution in [-0.2, 0) is 0 Å². The third-order valence-electron chi connectivity index (χ3n) is 3.43. The summed E-state index contributed by atoms with van der Waals surface area (Å²) >= 11 is 1.23. The molecule has 0 radical (unpaired) electrons. The molecule has 1 aromatic rings. The lowest BCUT2D eigenvalue weighted by molar-refractivity contribution is 0.0962. The van der Waals surface area contributed by atoms with Crippen LogP contribution >= 0.6 is 11.3 Å². The average molecular weight is 308 g/mol. The van der Waals surface area contributed by atoms with E-state index in [0.717, 1.165) is 25.9 Å². The van der Waals surface area contributed by atoms with E-state index < -0.39 is 5.91 Å². The lowest BCUT2D eigenvalue weighted by Gasteiger charge is -2.28. The van der Waals surface area contributed by atoms with Crippen LogP contribution in [-0.4, -0.2) is 31.4 Å². The number of amides is 2. The molecule has 6 nitrogen and oxygen atoms in total. The molecule has 0 bridgehead atoms. The van der Waals surface area contributed by atoms with Crippen molar-refractivity contribution in [3.8, 4) is 0 Å². The highest BCUT2D eigenvalue weighted by Crippen LogP contribution is 2.39. The van der Waals surface area contributed by atoms with Gasteiger partial charge < -0.3 is 21.7 Å². The van der Waals surface area contributed by atoms with Crippen LogP contribution in [0.5, 0.6) is 0 Å². The molecule has 0 unspecified atom stereocenters. The Kier molecular flexibility index (Phi) is 4.85. The van der Waals surface area contributed by atoms with E-state index in [1.54, 1.807) is 6.08 Å². The van der Waals surface area contributed by atoms with Crippen molar-refractivity contribution in [1.82, 2.24) is 5.32 Å². The lowest BCUT2D eigenvalue weighted by atomic mass is 10.1. The molecule has 0 aliphatic carbocycles.